The smallest absolute Gasteiger partial charge is 0.0575 e. The zero-order chi connectivity index (χ0) is 12.8. The lowest BCUT2D eigenvalue weighted by Gasteiger charge is -2.23. The standard InChI is InChI=1S/C14H21BrN2O/c15-12-7-11(9-17-10-12)8-13(16)4-5-14-3-1-2-6-18-14/h7,9-10,13-14H,1-6,8,16H2. The molecule has 18 heavy (non-hydrogen) atoms. The molecule has 0 radical (unpaired) electrons. The fourth-order valence-corrected chi connectivity index (χ4v) is 2.82. The summed E-state index contributed by atoms with van der Waals surface area (Å²) < 4.78 is 6.74. The summed E-state index contributed by atoms with van der Waals surface area (Å²) in [6.45, 7) is 0.926. The normalized spacial score (nSPS) is 21.8. The molecule has 0 aliphatic carbocycles. The summed E-state index contributed by atoms with van der Waals surface area (Å²) in [7, 11) is 0. The minimum atomic E-state index is 0.201. The number of nitrogens with zero attached hydrogens (tertiary/aromatic N) is 1. The van der Waals surface area contributed by atoms with Crippen LogP contribution in [0.15, 0.2) is 22.9 Å². The second-order valence-electron chi connectivity index (χ2n) is 5.04. The van der Waals surface area contributed by atoms with Crippen LogP contribution in [0.25, 0.3) is 0 Å². The van der Waals surface area contributed by atoms with E-state index in [1.54, 1.807) is 6.20 Å². The molecule has 1 aromatic heterocycles. The molecule has 1 aliphatic rings. The van der Waals surface area contributed by atoms with E-state index in [2.05, 4.69) is 27.0 Å². The van der Waals surface area contributed by atoms with Crippen molar-refractivity contribution in [2.75, 3.05) is 6.61 Å². The van der Waals surface area contributed by atoms with Crippen LogP contribution in [0.4, 0.5) is 0 Å². The minimum absolute atomic E-state index is 0.201. The van der Waals surface area contributed by atoms with Crippen molar-refractivity contribution in [3.8, 4) is 0 Å². The lowest BCUT2D eigenvalue weighted by atomic mass is 9.99. The number of hydrogen-bond acceptors (Lipinski definition) is 3. The highest BCUT2D eigenvalue weighted by atomic mass is 79.9. The van der Waals surface area contributed by atoms with Crippen LogP contribution in [0.5, 0.6) is 0 Å². The molecule has 1 aromatic rings. The van der Waals surface area contributed by atoms with Crippen LogP contribution in [-0.4, -0.2) is 23.7 Å². The van der Waals surface area contributed by atoms with Gasteiger partial charge in [-0.25, -0.2) is 0 Å². The molecule has 1 aliphatic heterocycles. The van der Waals surface area contributed by atoms with Crippen molar-refractivity contribution in [3.05, 3.63) is 28.5 Å². The second kappa shape index (κ2) is 7.22. The highest BCUT2D eigenvalue weighted by Crippen LogP contribution is 2.18. The molecule has 2 heterocycles. The zero-order valence-corrected chi connectivity index (χ0v) is 12.2. The van der Waals surface area contributed by atoms with Gasteiger partial charge >= 0.3 is 0 Å². The average molecular weight is 313 g/mol. The molecule has 2 N–H and O–H groups in total. The fraction of sp³-hybridized carbons (Fsp3) is 0.643. The van der Waals surface area contributed by atoms with Crippen LogP contribution in [0.2, 0.25) is 0 Å². The Balaban J connectivity index is 1.72. The summed E-state index contributed by atoms with van der Waals surface area (Å²) in [4.78, 5) is 4.16. The number of nitrogens with two attached hydrogens (primary N) is 1. The molecule has 2 unspecified atom stereocenters. The maximum absolute atomic E-state index is 6.17. The molecule has 100 valence electrons. The van der Waals surface area contributed by atoms with Gasteiger partial charge in [-0.2, -0.15) is 0 Å². The Labute approximate surface area is 117 Å². The van der Waals surface area contributed by atoms with E-state index in [4.69, 9.17) is 10.5 Å². The van der Waals surface area contributed by atoms with Crippen molar-refractivity contribution in [2.24, 2.45) is 5.73 Å². The van der Waals surface area contributed by atoms with E-state index < -0.39 is 0 Å². The Morgan fingerprint density at radius 3 is 3.06 bits per heavy atom. The van der Waals surface area contributed by atoms with Gasteiger partial charge in [-0.3, -0.25) is 4.98 Å². The molecule has 2 rings (SSSR count). The molecule has 1 fully saturated rings. The van der Waals surface area contributed by atoms with Crippen molar-refractivity contribution >= 4 is 15.9 Å². The molecule has 0 saturated carbocycles. The van der Waals surface area contributed by atoms with E-state index >= 15 is 0 Å². The van der Waals surface area contributed by atoms with Gasteiger partial charge in [-0.15, -0.1) is 0 Å². The third-order valence-electron chi connectivity index (χ3n) is 3.39. The monoisotopic (exact) mass is 312 g/mol. The predicted molar refractivity (Wildman–Crippen MR) is 76.4 cm³/mol. The average Bonchev–Trinajstić information content (AvgIpc) is 2.38. The van der Waals surface area contributed by atoms with E-state index in [1.165, 1.54) is 24.8 Å². The van der Waals surface area contributed by atoms with E-state index in [-0.39, 0.29) is 6.04 Å². The van der Waals surface area contributed by atoms with Crippen molar-refractivity contribution in [1.29, 1.82) is 0 Å². The number of halogens is 1. The Morgan fingerprint density at radius 1 is 1.44 bits per heavy atom. The number of ether oxygens (including phenoxy) is 1. The molecular weight excluding hydrogens is 292 g/mol. The lowest BCUT2D eigenvalue weighted by Crippen LogP contribution is -2.27. The number of hydrogen-bond donors (Lipinski definition) is 1. The Bertz CT molecular complexity index is 367. The molecule has 4 heteroatoms. The summed E-state index contributed by atoms with van der Waals surface area (Å²) in [6.07, 6.45) is 10.8. The van der Waals surface area contributed by atoms with Gasteiger partial charge in [-0.1, -0.05) is 0 Å². The highest BCUT2D eigenvalue weighted by Gasteiger charge is 2.15. The molecule has 0 spiro atoms. The van der Waals surface area contributed by atoms with Gasteiger partial charge in [0.1, 0.15) is 0 Å². The summed E-state index contributed by atoms with van der Waals surface area (Å²) in [6, 6.07) is 2.29. The first kappa shape index (κ1) is 14.0. The number of aromatic nitrogens is 1. The van der Waals surface area contributed by atoms with Crippen LogP contribution in [0.1, 0.15) is 37.7 Å². The molecule has 1 saturated heterocycles. The lowest BCUT2D eigenvalue weighted by molar-refractivity contribution is 0.00915. The van der Waals surface area contributed by atoms with E-state index in [0.717, 1.165) is 30.3 Å². The third kappa shape index (κ3) is 4.67. The van der Waals surface area contributed by atoms with Gasteiger partial charge in [0.2, 0.25) is 0 Å². The van der Waals surface area contributed by atoms with Gasteiger partial charge in [0.15, 0.2) is 0 Å². The minimum Gasteiger partial charge on any atom is -0.378 e. The maximum Gasteiger partial charge on any atom is 0.0575 e. The molecule has 2 atom stereocenters. The van der Waals surface area contributed by atoms with Gasteiger partial charge in [0, 0.05) is 29.5 Å². The molecule has 3 nitrogen and oxygen atoms in total. The van der Waals surface area contributed by atoms with E-state index in [9.17, 15) is 0 Å². The van der Waals surface area contributed by atoms with Crippen LogP contribution < -0.4 is 5.73 Å². The van der Waals surface area contributed by atoms with Gasteiger partial charge in [0.05, 0.1) is 6.10 Å². The molecule has 0 amide bonds. The number of pyridine rings is 1. The first-order valence-corrected chi connectivity index (χ1v) is 7.50. The summed E-state index contributed by atoms with van der Waals surface area (Å²) in [5.74, 6) is 0. The molecular formula is C14H21BrN2O. The van der Waals surface area contributed by atoms with Gasteiger partial charge in [-0.05, 0) is 66.1 Å². The van der Waals surface area contributed by atoms with E-state index in [0.29, 0.717) is 6.10 Å². The predicted octanol–water partition coefficient (Wildman–Crippen LogP) is 3.06. The zero-order valence-electron chi connectivity index (χ0n) is 10.6. The van der Waals surface area contributed by atoms with Crippen LogP contribution in [0, 0.1) is 0 Å². The Hall–Kier alpha value is -0.450. The Kier molecular flexibility index (Phi) is 5.60. The van der Waals surface area contributed by atoms with E-state index in [1.807, 2.05) is 6.20 Å². The van der Waals surface area contributed by atoms with Crippen molar-refractivity contribution < 1.29 is 4.74 Å². The molecule has 0 bridgehead atoms. The van der Waals surface area contributed by atoms with Crippen molar-refractivity contribution in [3.63, 3.8) is 0 Å². The SMILES string of the molecule is NC(CCC1CCCCO1)Cc1cncc(Br)c1. The second-order valence-corrected chi connectivity index (χ2v) is 5.96. The summed E-state index contributed by atoms with van der Waals surface area (Å²) in [5.41, 5.74) is 7.37. The molecule has 0 aromatic carbocycles. The van der Waals surface area contributed by atoms with Gasteiger partial charge in [0.25, 0.3) is 0 Å². The van der Waals surface area contributed by atoms with Crippen LogP contribution in [-0.2, 0) is 11.2 Å². The van der Waals surface area contributed by atoms with Gasteiger partial charge < -0.3 is 10.5 Å². The van der Waals surface area contributed by atoms with Crippen molar-refractivity contribution in [2.45, 2.75) is 50.7 Å². The van der Waals surface area contributed by atoms with Crippen LogP contribution in [0.3, 0.4) is 0 Å². The summed E-state index contributed by atoms with van der Waals surface area (Å²) in [5, 5.41) is 0. The quantitative estimate of drug-likeness (QED) is 0.909. The Morgan fingerprint density at radius 2 is 2.33 bits per heavy atom. The topological polar surface area (TPSA) is 48.1 Å². The fourth-order valence-electron chi connectivity index (χ4n) is 2.41. The first-order valence-electron chi connectivity index (χ1n) is 6.70. The maximum atomic E-state index is 6.17. The largest absolute Gasteiger partial charge is 0.378 e. The summed E-state index contributed by atoms with van der Waals surface area (Å²) >= 11 is 3.43. The third-order valence-corrected chi connectivity index (χ3v) is 3.83. The number of rotatable bonds is 5. The van der Waals surface area contributed by atoms with Crippen molar-refractivity contribution in [1.82, 2.24) is 4.98 Å². The highest BCUT2D eigenvalue weighted by molar-refractivity contribution is 9.10. The first-order chi connectivity index (χ1) is 8.74. The van der Waals surface area contributed by atoms with Crippen LogP contribution >= 0.6 is 15.9 Å².